The lowest BCUT2D eigenvalue weighted by atomic mass is 10.1. The van der Waals surface area contributed by atoms with Gasteiger partial charge in [-0.05, 0) is 19.1 Å². The maximum absolute atomic E-state index is 11.2. The fourth-order valence-electron chi connectivity index (χ4n) is 2.05. The van der Waals surface area contributed by atoms with Crippen LogP contribution in [-0.2, 0) is 6.54 Å². The minimum absolute atomic E-state index is 0.0410. The Bertz CT molecular complexity index is 758. The van der Waals surface area contributed by atoms with Gasteiger partial charge in [0.15, 0.2) is 5.69 Å². The molecule has 0 atom stereocenters. The molecule has 0 radical (unpaired) electrons. The number of H-pyrrole nitrogens is 1. The zero-order valence-electron chi connectivity index (χ0n) is 10.2. The Morgan fingerprint density at radius 2 is 2.32 bits per heavy atom. The van der Waals surface area contributed by atoms with Crippen LogP contribution >= 0.6 is 0 Å². The molecule has 7 nitrogen and oxygen atoms in total. The summed E-state index contributed by atoms with van der Waals surface area (Å²) in [6.07, 6.45) is 1.60. The van der Waals surface area contributed by atoms with Crippen LogP contribution in [0.4, 0.5) is 0 Å². The number of carboxylic acids is 1. The van der Waals surface area contributed by atoms with Crippen molar-refractivity contribution in [3.8, 4) is 11.3 Å². The molecule has 2 heterocycles. The van der Waals surface area contributed by atoms with Crippen LogP contribution in [0.2, 0.25) is 0 Å². The molecular weight excluding hydrogens is 246 g/mol. The van der Waals surface area contributed by atoms with E-state index in [-0.39, 0.29) is 5.69 Å². The predicted octanol–water partition coefficient (Wildman–Crippen LogP) is 1.54. The molecule has 0 spiro atoms. The number of rotatable bonds is 3. The van der Waals surface area contributed by atoms with E-state index in [2.05, 4.69) is 20.3 Å². The van der Waals surface area contributed by atoms with Gasteiger partial charge in [0, 0.05) is 12.1 Å². The maximum Gasteiger partial charge on any atom is 0.358 e. The molecule has 0 bridgehead atoms. The molecule has 0 saturated heterocycles. The average Bonchev–Trinajstić information content (AvgIpc) is 3.03. The number of hydrogen-bond donors (Lipinski definition) is 2. The molecule has 7 heteroatoms. The minimum Gasteiger partial charge on any atom is -0.476 e. The average molecular weight is 257 g/mol. The third-order valence-corrected chi connectivity index (χ3v) is 2.93. The second-order valence-corrected chi connectivity index (χ2v) is 4.04. The summed E-state index contributed by atoms with van der Waals surface area (Å²) in [5, 5.41) is 16.8. The molecule has 1 aromatic carbocycles. The highest BCUT2D eigenvalue weighted by Gasteiger charge is 2.20. The van der Waals surface area contributed by atoms with Crippen LogP contribution in [0.3, 0.4) is 0 Å². The van der Waals surface area contributed by atoms with Gasteiger partial charge in [-0.15, -0.1) is 5.10 Å². The number of carboxylic acid groups (broad SMARTS) is 1. The summed E-state index contributed by atoms with van der Waals surface area (Å²) in [6.45, 7) is 2.44. The Hall–Kier alpha value is -2.70. The molecule has 0 unspecified atom stereocenters. The predicted molar refractivity (Wildman–Crippen MR) is 67.7 cm³/mol. The number of carbonyl (C=O) groups is 1. The normalized spacial score (nSPS) is 11.0. The summed E-state index contributed by atoms with van der Waals surface area (Å²) in [6, 6.07) is 5.50. The van der Waals surface area contributed by atoms with Crippen LogP contribution in [-0.4, -0.2) is 36.0 Å². The number of fused-ring (bicyclic) bond motifs is 1. The van der Waals surface area contributed by atoms with Gasteiger partial charge in [0.25, 0.3) is 0 Å². The fourth-order valence-corrected chi connectivity index (χ4v) is 2.05. The van der Waals surface area contributed by atoms with Crippen LogP contribution in [0.25, 0.3) is 22.3 Å². The van der Waals surface area contributed by atoms with E-state index >= 15 is 0 Å². The SMILES string of the molecule is CCn1nnc(C(=O)O)c1-c1ccc2nc[nH]c2c1. The highest BCUT2D eigenvalue weighted by molar-refractivity contribution is 5.94. The van der Waals surface area contributed by atoms with E-state index in [0.717, 1.165) is 16.6 Å². The van der Waals surface area contributed by atoms with E-state index in [4.69, 9.17) is 0 Å². The zero-order valence-corrected chi connectivity index (χ0v) is 10.2. The summed E-state index contributed by atoms with van der Waals surface area (Å²) >= 11 is 0. The smallest absolute Gasteiger partial charge is 0.358 e. The third-order valence-electron chi connectivity index (χ3n) is 2.93. The molecule has 3 aromatic rings. The minimum atomic E-state index is -1.08. The first-order valence-corrected chi connectivity index (χ1v) is 5.81. The number of benzene rings is 1. The van der Waals surface area contributed by atoms with Crippen LogP contribution < -0.4 is 0 Å². The largest absolute Gasteiger partial charge is 0.476 e. The Morgan fingerprint density at radius 1 is 1.47 bits per heavy atom. The van der Waals surface area contributed by atoms with Crippen molar-refractivity contribution in [1.29, 1.82) is 0 Å². The van der Waals surface area contributed by atoms with Gasteiger partial charge in [-0.3, -0.25) is 0 Å². The van der Waals surface area contributed by atoms with Crippen LogP contribution in [0.5, 0.6) is 0 Å². The molecule has 0 amide bonds. The van der Waals surface area contributed by atoms with Crippen LogP contribution in [0.1, 0.15) is 17.4 Å². The molecule has 3 rings (SSSR count). The summed E-state index contributed by atoms with van der Waals surface area (Å²) in [5.41, 5.74) is 2.89. The van der Waals surface area contributed by atoms with E-state index in [9.17, 15) is 9.90 Å². The molecule has 0 fully saturated rings. The number of aromatic carboxylic acids is 1. The van der Waals surface area contributed by atoms with E-state index in [1.54, 1.807) is 11.0 Å². The van der Waals surface area contributed by atoms with Gasteiger partial charge in [0.1, 0.15) is 5.69 Å². The molecule has 0 aliphatic heterocycles. The van der Waals surface area contributed by atoms with E-state index in [0.29, 0.717) is 12.2 Å². The van der Waals surface area contributed by atoms with Crippen molar-refractivity contribution in [3.63, 3.8) is 0 Å². The van der Waals surface area contributed by atoms with Crippen molar-refractivity contribution >= 4 is 17.0 Å². The Kier molecular flexibility index (Phi) is 2.52. The number of imidazole rings is 1. The number of nitrogens with zero attached hydrogens (tertiary/aromatic N) is 4. The van der Waals surface area contributed by atoms with Crippen molar-refractivity contribution < 1.29 is 9.90 Å². The number of nitrogens with one attached hydrogen (secondary N) is 1. The maximum atomic E-state index is 11.2. The number of aryl methyl sites for hydroxylation is 1. The standard InChI is InChI=1S/C12H11N5O2/c1-2-17-11(10(12(18)19)15-16-17)7-3-4-8-9(5-7)14-6-13-8/h3-6H,2H2,1H3,(H,13,14)(H,18,19). The number of aromatic nitrogens is 5. The lowest BCUT2D eigenvalue weighted by molar-refractivity contribution is 0.0691. The molecule has 19 heavy (non-hydrogen) atoms. The molecule has 0 saturated carbocycles. The first kappa shape index (κ1) is 11.4. The van der Waals surface area contributed by atoms with Gasteiger partial charge in [-0.1, -0.05) is 11.3 Å². The summed E-state index contributed by atoms with van der Waals surface area (Å²) in [4.78, 5) is 18.3. The lowest BCUT2D eigenvalue weighted by Gasteiger charge is -2.04. The molecule has 96 valence electrons. The highest BCUT2D eigenvalue weighted by Crippen LogP contribution is 2.25. The molecular formula is C12H11N5O2. The molecule has 2 aromatic heterocycles. The van der Waals surface area contributed by atoms with E-state index in [1.807, 2.05) is 25.1 Å². The van der Waals surface area contributed by atoms with Gasteiger partial charge in [0.05, 0.1) is 17.4 Å². The van der Waals surface area contributed by atoms with Gasteiger partial charge >= 0.3 is 5.97 Å². The van der Waals surface area contributed by atoms with Crippen LogP contribution in [0.15, 0.2) is 24.5 Å². The number of aromatic amines is 1. The van der Waals surface area contributed by atoms with Crippen molar-refractivity contribution in [1.82, 2.24) is 25.0 Å². The zero-order chi connectivity index (χ0) is 13.4. The quantitative estimate of drug-likeness (QED) is 0.741. The Morgan fingerprint density at radius 3 is 3.05 bits per heavy atom. The molecule has 0 aliphatic rings. The highest BCUT2D eigenvalue weighted by atomic mass is 16.4. The second-order valence-electron chi connectivity index (χ2n) is 4.04. The Labute approximate surface area is 107 Å². The van der Waals surface area contributed by atoms with E-state index in [1.165, 1.54) is 0 Å². The van der Waals surface area contributed by atoms with Crippen molar-refractivity contribution in [2.75, 3.05) is 0 Å². The van der Waals surface area contributed by atoms with Crippen molar-refractivity contribution in [2.24, 2.45) is 0 Å². The van der Waals surface area contributed by atoms with Gasteiger partial charge in [-0.2, -0.15) is 0 Å². The van der Waals surface area contributed by atoms with Crippen molar-refractivity contribution in [2.45, 2.75) is 13.5 Å². The molecule has 2 N–H and O–H groups in total. The summed E-state index contributed by atoms with van der Waals surface area (Å²) in [7, 11) is 0. The topological polar surface area (TPSA) is 96.7 Å². The number of hydrogen-bond acceptors (Lipinski definition) is 4. The molecule has 0 aliphatic carbocycles. The van der Waals surface area contributed by atoms with E-state index < -0.39 is 5.97 Å². The second kappa shape index (κ2) is 4.20. The van der Waals surface area contributed by atoms with Gasteiger partial charge < -0.3 is 10.1 Å². The van der Waals surface area contributed by atoms with Crippen LogP contribution in [0, 0.1) is 0 Å². The fraction of sp³-hybridized carbons (Fsp3) is 0.167. The van der Waals surface area contributed by atoms with Gasteiger partial charge in [-0.25, -0.2) is 14.5 Å². The first-order chi connectivity index (χ1) is 9.20. The van der Waals surface area contributed by atoms with Gasteiger partial charge in [0.2, 0.25) is 0 Å². The third kappa shape index (κ3) is 1.75. The lowest BCUT2D eigenvalue weighted by Crippen LogP contribution is -2.03. The van der Waals surface area contributed by atoms with Crippen molar-refractivity contribution in [3.05, 3.63) is 30.2 Å². The monoisotopic (exact) mass is 257 g/mol. The summed E-state index contributed by atoms with van der Waals surface area (Å²) < 4.78 is 1.57. The Balaban J connectivity index is 2.24. The first-order valence-electron chi connectivity index (χ1n) is 5.81. The summed E-state index contributed by atoms with van der Waals surface area (Å²) in [5.74, 6) is -1.08.